The normalized spacial score (nSPS) is 19.9. The van der Waals surface area contributed by atoms with Crippen LogP contribution in [0.2, 0.25) is 0 Å². The van der Waals surface area contributed by atoms with E-state index in [1.807, 2.05) is 0 Å². The summed E-state index contributed by atoms with van der Waals surface area (Å²) in [5.74, 6) is -2.23. The van der Waals surface area contributed by atoms with Gasteiger partial charge in [0.15, 0.2) is 0 Å². The molecule has 0 saturated carbocycles. The third kappa shape index (κ3) is 4.78. The van der Waals surface area contributed by atoms with Crippen LogP contribution in [-0.2, 0) is 23.8 Å². The van der Waals surface area contributed by atoms with Crippen molar-refractivity contribution in [1.29, 1.82) is 0 Å². The second-order valence-corrected chi connectivity index (χ2v) is 7.01. The molecule has 0 radical (unpaired) electrons. The molecule has 1 fully saturated rings. The van der Waals surface area contributed by atoms with E-state index in [1.54, 1.807) is 18.2 Å². The van der Waals surface area contributed by atoms with Crippen molar-refractivity contribution in [3.63, 3.8) is 0 Å². The Morgan fingerprint density at radius 3 is 2.38 bits per heavy atom. The van der Waals surface area contributed by atoms with Crippen LogP contribution in [0, 0.1) is 0 Å². The van der Waals surface area contributed by atoms with Gasteiger partial charge in [-0.1, -0.05) is 18.2 Å². The lowest BCUT2D eigenvalue weighted by molar-refractivity contribution is -0.155. The Morgan fingerprint density at radius 1 is 1.09 bits per heavy atom. The van der Waals surface area contributed by atoms with Crippen LogP contribution in [0.1, 0.15) is 36.9 Å². The van der Waals surface area contributed by atoms with Gasteiger partial charge in [0.1, 0.15) is 25.0 Å². The number of aromatic nitrogens is 2. The number of rotatable bonds is 6. The Morgan fingerprint density at radius 2 is 1.78 bits per heavy atom. The standard InChI is InChI=1S/C21H22N2O9/c1-12(24)30-11-17-15(31-13(2)25)9-18(32-17)22-10-16(29-3)20(27)23(21(22)28)19(26)14-7-5-4-6-8-14/h4-8,10,15,17-18H,9,11H2,1-3H3/t15-,17+,18+/m0/s1. The molecule has 170 valence electrons. The van der Waals surface area contributed by atoms with E-state index in [-0.39, 0.29) is 24.3 Å². The molecule has 2 heterocycles. The molecule has 0 amide bonds. The summed E-state index contributed by atoms with van der Waals surface area (Å²) in [6.07, 6.45) is -1.54. The molecule has 1 saturated heterocycles. The van der Waals surface area contributed by atoms with Crippen molar-refractivity contribution in [3.05, 3.63) is 62.9 Å². The first-order chi connectivity index (χ1) is 15.2. The largest absolute Gasteiger partial charge is 0.490 e. The quantitative estimate of drug-likeness (QED) is 0.582. The fourth-order valence-corrected chi connectivity index (χ4v) is 3.34. The lowest BCUT2D eigenvalue weighted by Crippen LogP contribution is -2.45. The SMILES string of the molecule is COc1cn([C@H]2C[C@H](OC(C)=O)[C@@H](COC(C)=O)O2)c(=O)n(C(=O)c2ccccc2)c1=O. The van der Waals surface area contributed by atoms with Crippen LogP contribution in [0.4, 0.5) is 0 Å². The maximum atomic E-state index is 13.1. The number of benzene rings is 1. The van der Waals surface area contributed by atoms with Gasteiger partial charge in [-0.2, -0.15) is 4.57 Å². The highest BCUT2D eigenvalue weighted by Gasteiger charge is 2.40. The Hall–Kier alpha value is -3.73. The van der Waals surface area contributed by atoms with Crippen molar-refractivity contribution >= 4 is 17.8 Å². The topological polar surface area (TPSA) is 132 Å². The molecule has 0 spiro atoms. The molecule has 3 atom stereocenters. The van der Waals surface area contributed by atoms with E-state index in [0.29, 0.717) is 4.57 Å². The number of carbonyl (C=O) groups excluding carboxylic acids is 3. The summed E-state index contributed by atoms with van der Waals surface area (Å²) >= 11 is 0. The van der Waals surface area contributed by atoms with Gasteiger partial charge >= 0.3 is 23.2 Å². The predicted molar refractivity (Wildman–Crippen MR) is 108 cm³/mol. The lowest BCUT2D eigenvalue weighted by atomic mass is 10.2. The van der Waals surface area contributed by atoms with Gasteiger partial charge in [-0.25, -0.2) is 4.79 Å². The van der Waals surface area contributed by atoms with E-state index < -0.39 is 47.5 Å². The first kappa shape index (κ1) is 22.9. The fourth-order valence-electron chi connectivity index (χ4n) is 3.34. The van der Waals surface area contributed by atoms with Gasteiger partial charge < -0.3 is 18.9 Å². The third-order valence-electron chi connectivity index (χ3n) is 4.79. The minimum absolute atomic E-state index is 0.0201. The van der Waals surface area contributed by atoms with E-state index >= 15 is 0 Å². The van der Waals surface area contributed by atoms with Crippen LogP contribution < -0.4 is 16.0 Å². The van der Waals surface area contributed by atoms with Crippen molar-refractivity contribution < 1.29 is 33.3 Å². The smallest absolute Gasteiger partial charge is 0.340 e. The summed E-state index contributed by atoms with van der Waals surface area (Å²) < 4.78 is 22.5. The Bertz CT molecular complexity index is 1140. The zero-order valence-electron chi connectivity index (χ0n) is 17.7. The van der Waals surface area contributed by atoms with E-state index in [0.717, 1.165) is 10.8 Å². The average molecular weight is 446 g/mol. The minimum atomic E-state index is -1.02. The fraction of sp³-hybridized carbons (Fsp3) is 0.381. The van der Waals surface area contributed by atoms with Crippen molar-refractivity contribution in [3.8, 4) is 5.75 Å². The van der Waals surface area contributed by atoms with E-state index in [1.165, 1.54) is 33.1 Å². The number of nitrogens with zero attached hydrogens (tertiary/aromatic N) is 2. The third-order valence-corrected chi connectivity index (χ3v) is 4.79. The molecule has 1 aromatic heterocycles. The van der Waals surface area contributed by atoms with Crippen molar-refractivity contribution in [1.82, 2.24) is 9.13 Å². The van der Waals surface area contributed by atoms with Crippen LogP contribution in [0.3, 0.4) is 0 Å². The van der Waals surface area contributed by atoms with Crippen LogP contribution in [0.5, 0.6) is 5.75 Å². The molecular weight excluding hydrogens is 424 g/mol. The lowest BCUT2D eigenvalue weighted by Gasteiger charge is -2.18. The molecule has 1 aliphatic rings. The number of hydrogen-bond donors (Lipinski definition) is 0. The Labute approximate surface area is 182 Å². The van der Waals surface area contributed by atoms with Crippen LogP contribution in [-0.4, -0.2) is 52.9 Å². The van der Waals surface area contributed by atoms with Crippen molar-refractivity contribution in [2.24, 2.45) is 0 Å². The molecular formula is C21H22N2O9. The first-order valence-corrected chi connectivity index (χ1v) is 9.71. The van der Waals surface area contributed by atoms with Crippen LogP contribution in [0.15, 0.2) is 46.1 Å². The number of carbonyl (C=O) groups is 3. The summed E-state index contributed by atoms with van der Waals surface area (Å²) in [6, 6.07) is 7.82. The Balaban J connectivity index is 2.03. The van der Waals surface area contributed by atoms with Crippen molar-refractivity contribution in [2.75, 3.05) is 13.7 Å². The van der Waals surface area contributed by atoms with Gasteiger partial charge in [0.2, 0.25) is 5.75 Å². The molecule has 0 N–H and O–H groups in total. The number of ether oxygens (including phenoxy) is 4. The monoisotopic (exact) mass is 446 g/mol. The van der Waals surface area contributed by atoms with Gasteiger partial charge in [-0.3, -0.25) is 23.7 Å². The molecule has 11 heteroatoms. The number of hydrogen-bond acceptors (Lipinski definition) is 9. The molecule has 11 nitrogen and oxygen atoms in total. The van der Waals surface area contributed by atoms with E-state index in [9.17, 15) is 24.0 Å². The summed E-state index contributed by atoms with van der Waals surface area (Å²) in [7, 11) is 1.23. The van der Waals surface area contributed by atoms with Gasteiger partial charge in [-0.05, 0) is 12.1 Å². The minimum Gasteiger partial charge on any atom is -0.490 e. The number of esters is 2. The highest BCUT2D eigenvalue weighted by Crippen LogP contribution is 2.30. The maximum absolute atomic E-state index is 13.1. The molecule has 0 aliphatic carbocycles. The second-order valence-electron chi connectivity index (χ2n) is 7.01. The molecule has 3 rings (SSSR count). The van der Waals surface area contributed by atoms with Gasteiger partial charge in [0.25, 0.3) is 5.91 Å². The summed E-state index contributed by atoms with van der Waals surface area (Å²) in [5, 5.41) is 0. The molecule has 1 aliphatic heterocycles. The summed E-state index contributed by atoms with van der Waals surface area (Å²) in [4.78, 5) is 61.4. The van der Waals surface area contributed by atoms with Crippen LogP contribution in [0.25, 0.3) is 0 Å². The van der Waals surface area contributed by atoms with Crippen LogP contribution >= 0.6 is 0 Å². The molecule has 0 unspecified atom stereocenters. The summed E-state index contributed by atoms with van der Waals surface area (Å²) in [6.45, 7) is 2.22. The highest BCUT2D eigenvalue weighted by molar-refractivity contribution is 5.95. The molecule has 32 heavy (non-hydrogen) atoms. The van der Waals surface area contributed by atoms with Crippen molar-refractivity contribution in [2.45, 2.75) is 38.7 Å². The van der Waals surface area contributed by atoms with Gasteiger partial charge in [0.05, 0.1) is 13.3 Å². The zero-order valence-corrected chi connectivity index (χ0v) is 17.7. The molecule has 2 aromatic rings. The Kier molecular flexibility index (Phi) is 6.89. The van der Waals surface area contributed by atoms with Gasteiger partial charge in [0, 0.05) is 25.8 Å². The predicted octanol–water partition coefficient (Wildman–Crippen LogP) is 0.489. The molecule has 0 bridgehead atoms. The molecule has 1 aromatic carbocycles. The van der Waals surface area contributed by atoms with E-state index in [2.05, 4.69) is 0 Å². The van der Waals surface area contributed by atoms with Gasteiger partial charge in [-0.15, -0.1) is 0 Å². The maximum Gasteiger partial charge on any atom is 0.340 e. The summed E-state index contributed by atoms with van der Waals surface area (Å²) in [5.41, 5.74) is -1.75. The second kappa shape index (κ2) is 9.60. The zero-order chi connectivity index (χ0) is 23.4. The highest BCUT2D eigenvalue weighted by atomic mass is 16.6. The number of methoxy groups -OCH3 is 1. The first-order valence-electron chi connectivity index (χ1n) is 9.71. The van der Waals surface area contributed by atoms with E-state index in [4.69, 9.17) is 18.9 Å². The average Bonchev–Trinajstić information content (AvgIpc) is 3.14.